The highest BCUT2D eigenvalue weighted by Gasteiger charge is 2.22. The molecule has 1 aliphatic rings. The van der Waals surface area contributed by atoms with Crippen LogP contribution in [0.5, 0.6) is 0 Å². The monoisotopic (exact) mass is 281 g/mol. The summed E-state index contributed by atoms with van der Waals surface area (Å²) in [7, 11) is 0. The van der Waals surface area contributed by atoms with Gasteiger partial charge in [-0.15, -0.1) is 11.3 Å². The summed E-state index contributed by atoms with van der Waals surface area (Å²) in [4.78, 5) is 7.29. The van der Waals surface area contributed by atoms with Crippen LogP contribution in [0.4, 0.5) is 0 Å². The number of hydrogen-bond donors (Lipinski definition) is 1. The molecule has 0 amide bonds. The van der Waals surface area contributed by atoms with Crippen molar-refractivity contribution >= 4 is 11.3 Å². The van der Waals surface area contributed by atoms with Gasteiger partial charge in [0.25, 0.3) is 0 Å². The fraction of sp³-hybridized carbons (Fsp3) is 0.800. The predicted molar refractivity (Wildman–Crippen MR) is 82.3 cm³/mol. The van der Waals surface area contributed by atoms with E-state index in [1.54, 1.807) is 11.3 Å². The van der Waals surface area contributed by atoms with Crippen molar-refractivity contribution in [3.05, 3.63) is 16.1 Å². The van der Waals surface area contributed by atoms with Crippen molar-refractivity contribution in [3.8, 4) is 0 Å². The van der Waals surface area contributed by atoms with Crippen LogP contribution < -0.4 is 5.32 Å². The van der Waals surface area contributed by atoms with Crippen molar-refractivity contribution in [3.63, 3.8) is 0 Å². The molecule has 0 radical (unpaired) electrons. The molecular weight excluding hydrogens is 254 g/mol. The third-order valence-electron chi connectivity index (χ3n) is 4.06. The minimum absolute atomic E-state index is 0.525. The van der Waals surface area contributed by atoms with Crippen molar-refractivity contribution in [2.75, 3.05) is 13.1 Å². The first kappa shape index (κ1) is 14.9. The van der Waals surface area contributed by atoms with E-state index in [0.29, 0.717) is 6.04 Å². The van der Waals surface area contributed by atoms with Crippen LogP contribution >= 0.6 is 11.3 Å². The molecular formula is C15H27N3S. The molecule has 1 fully saturated rings. The van der Waals surface area contributed by atoms with E-state index in [0.717, 1.165) is 24.9 Å². The quantitative estimate of drug-likeness (QED) is 0.899. The largest absolute Gasteiger partial charge is 0.308 e. The maximum absolute atomic E-state index is 4.73. The van der Waals surface area contributed by atoms with Crippen LogP contribution in [0.1, 0.15) is 44.8 Å². The number of likely N-dealkylation sites (tertiary alicyclic amines) is 1. The molecule has 19 heavy (non-hydrogen) atoms. The Labute approximate surface area is 121 Å². The van der Waals surface area contributed by atoms with Gasteiger partial charge in [-0.2, -0.15) is 0 Å². The van der Waals surface area contributed by atoms with E-state index in [2.05, 4.69) is 43.3 Å². The second-order valence-corrected chi connectivity index (χ2v) is 7.19. The molecule has 4 heteroatoms. The lowest BCUT2D eigenvalue weighted by Gasteiger charge is -2.34. The normalized spacial score (nSPS) is 25.1. The molecule has 1 aromatic rings. The van der Waals surface area contributed by atoms with E-state index in [-0.39, 0.29) is 0 Å². The summed E-state index contributed by atoms with van der Waals surface area (Å²) in [5.74, 6) is 1.69. The summed E-state index contributed by atoms with van der Waals surface area (Å²) in [6.45, 7) is 13.5. The van der Waals surface area contributed by atoms with Gasteiger partial charge in [-0.25, -0.2) is 4.98 Å². The van der Waals surface area contributed by atoms with Crippen LogP contribution in [0, 0.1) is 11.8 Å². The van der Waals surface area contributed by atoms with Crippen LogP contribution in [-0.4, -0.2) is 29.0 Å². The molecule has 2 atom stereocenters. The second kappa shape index (κ2) is 6.82. The predicted octanol–water partition coefficient (Wildman–Crippen LogP) is 3.12. The first-order valence-electron chi connectivity index (χ1n) is 7.43. The summed E-state index contributed by atoms with van der Waals surface area (Å²) in [5, 5.41) is 6.86. The average molecular weight is 281 g/mol. The number of thiazole rings is 1. The first-order chi connectivity index (χ1) is 9.04. The van der Waals surface area contributed by atoms with Gasteiger partial charge in [0.15, 0.2) is 0 Å². The van der Waals surface area contributed by atoms with Crippen molar-refractivity contribution in [1.29, 1.82) is 0 Å². The lowest BCUT2D eigenvalue weighted by atomic mass is 9.89. The van der Waals surface area contributed by atoms with E-state index >= 15 is 0 Å². The molecule has 1 aliphatic heterocycles. The van der Waals surface area contributed by atoms with Gasteiger partial charge in [0.2, 0.25) is 0 Å². The van der Waals surface area contributed by atoms with Gasteiger partial charge < -0.3 is 5.32 Å². The van der Waals surface area contributed by atoms with Gasteiger partial charge in [-0.1, -0.05) is 27.7 Å². The van der Waals surface area contributed by atoms with Crippen LogP contribution in [0.15, 0.2) is 5.38 Å². The maximum atomic E-state index is 4.73. The molecule has 2 unspecified atom stereocenters. The molecule has 0 saturated carbocycles. The van der Waals surface area contributed by atoms with E-state index < -0.39 is 0 Å². The van der Waals surface area contributed by atoms with E-state index in [9.17, 15) is 0 Å². The molecule has 3 nitrogen and oxygen atoms in total. The van der Waals surface area contributed by atoms with Crippen LogP contribution in [0.2, 0.25) is 0 Å². The lowest BCUT2D eigenvalue weighted by molar-refractivity contribution is 0.131. The molecule has 0 aromatic carbocycles. The van der Waals surface area contributed by atoms with E-state index in [1.165, 1.54) is 30.2 Å². The summed E-state index contributed by atoms with van der Waals surface area (Å²) in [6.07, 6.45) is 1.33. The summed E-state index contributed by atoms with van der Waals surface area (Å²) in [6, 6.07) is 0.525. The number of nitrogens with one attached hydrogen (secondary N) is 1. The molecule has 2 heterocycles. The summed E-state index contributed by atoms with van der Waals surface area (Å²) >= 11 is 1.78. The number of hydrogen-bond acceptors (Lipinski definition) is 4. The lowest BCUT2D eigenvalue weighted by Crippen LogP contribution is -2.37. The highest BCUT2D eigenvalue weighted by molar-refractivity contribution is 7.09. The van der Waals surface area contributed by atoms with E-state index in [4.69, 9.17) is 4.98 Å². The van der Waals surface area contributed by atoms with Gasteiger partial charge in [0.05, 0.1) is 5.69 Å². The zero-order valence-electron chi connectivity index (χ0n) is 12.6. The van der Waals surface area contributed by atoms with Gasteiger partial charge in [-0.3, -0.25) is 4.90 Å². The van der Waals surface area contributed by atoms with Crippen molar-refractivity contribution in [2.45, 2.75) is 53.2 Å². The van der Waals surface area contributed by atoms with Crippen molar-refractivity contribution in [1.82, 2.24) is 15.2 Å². The average Bonchev–Trinajstić information content (AvgIpc) is 2.79. The third-order valence-corrected chi connectivity index (χ3v) is 4.96. The number of nitrogens with zero attached hydrogens (tertiary/aromatic N) is 2. The Morgan fingerprint density at radius 3 is 2.89 bits per heavy atom. The zero-order chi connectivity index (χ0) is 13.8. The Bertz CT molecular complexity index is 388. The Balaban J connectivity index is 1.83. The van der Waals surface area contributed by atoms with Crippen molar-refractivity contribution < 1.29 is 0 Å². The third kappa shape index (κ3) is 4.55. The molecule has 0 spiro atoms. The Morgan fingerprint density at radius 2 is 2.21 bits per heavy atom. The molecule has 1 N–H and O–H groups in total. The highest BCUT2D eigenvalue weighted by atomic mass is 32.1. The molecule has 2 rings (SSSR count). The molecule has 0 bridgehead atoms. The number of piperidine rings is 1. The molecule has 108 valence electrons. The standard InChI is InChI=1S/C15H27N3S/c1-11(2)16-7-15-17-14(10-19-15)9-18-6-5-12(3)13(4)8-18/h10-13,16H,5-9H2,1-4H3. The molecule has 1 saturated heterocycles. The Morgan fingerprint density at radius 1 is 1.42 bits per heavy atom. The highest BCUT2D eigenvalue weighted by Crippen LogP contribution is 2.24. The number of aromatic nitrogens is 1. The van der Waals surface area contributed by atoms with Gasteiger partial charge in [0, 0.05) is 31.1 Å². The fourth-order valence-corrected chi connectivity index (χ4v) is 3.25. The van der Waals surface area contributed by atoms with Crippen LogP contribution in [0.25, 0.3) is 0 Å². The summed E-state index contributed by atoms with van der Waals surface area (Å²) in [5.41, 5.74) is 1.24. The van der Waals surface area contributed by atoms with E-state index in [1.807, 2.05) is 0 Å². The summed E-state index contributed by atoms with van der Waals surface area (Å²) < 4.78 is 0. The molecule has 1 aromatic heterocycles. The van der Waals surface area contributed by atoms with Gasteiger partial charge in [0.1, 0.15) is 5.01 Å². The molecule has 0 aliphatic carbocycles. The SMILES string of the molecule is CC(C)NCc1nc(CN2CCC(C)C(C)C2)cs1. The minimum Gasteiger partial charge on any atom is -0.308 e. The smallest absolute Gasteiger partial charge is 0.107 e. The Kier molecular flexibility index (Phi) is 5.37. The topological polar surface area (TPSA) is 28.2 Å². The minimum atomic E-state index is 0.525. The number of rotatable bonds is 5. The van der Waals surface area contributed by atoms with Crippen LogP contribution in [0.3, 0.4) is 0 Å². The fourth-order valence-electron chi connectivity index (χ4n) is 2.52. The van der Waals surface area contributed by atoms with Gasteiger partial charge in [-0.05, 0) is 24.8 Å². The van der Waals surface area contributed by atoms with Gasteiger partial charge >= 0.3 is 0 Å². The first-order valence-corrected chi connectivity index (χ1v) is 8.31. The van der Waals surface area contributed by atoms with Crippen molar-refractivity contribution in [2.24, 2.45) is 11.8 Å². The van der Waals surface area contributed by atoms with Crippen LogP contribution in [-0.2, 0) is 13.1 Å². The zero-order valence-corrected chi connectivity index (χ0v) is 13.5. The second-order valence-electron chi connectivity index (χ2n) is 6.25. The maximum Gasteiger partial charge on any atom is 0.107 e. The Hall–Kier alpha value is -0.450.